The summed E-state index contributed by atoms with van der Waals surface area (Å²) in [6.07, 6.45) is 2.93. The van der Waals surface area contributed by atoms with Crippen LogP contribution in [-0.2, 0) is 6.42 Å². The van der Waals surface area contributed by atoms with Crippen LogP contribution in [0.25, 0.3) is 11.0 Å². The van der Waals surface area contributed by atoms with Crippen molar-refractivity contribution in [2.24, 2.45) is 5.10 Å². The van der Waals surface area contributed by atoms with Crippen LogP contribution in [0.1, 0.15) is 35.7 Å². The standard InChI is InChI=1S/C20H20N4O/c1-12-16(10-21-24-12)13-6-7-17-18(9-13)23-20(22-17)15-8-14-4-2-3-5-19(14)25-11-15/h2-7,9-10,12,15-16,24H,8,11H2,1H3,(H,22,23). The first-order chi connectivity index (χ1) is 12.3. The van der Waals surface area contributed by atoms with Crippen LogP contribution in [0.3, 0.4) is 0 Å². The van der Waals surface area contributed by atoms with Gasteiger partial charge in [0.1, 0.15) is 11.6 Å². The molecule has 3 atom stereocenters. The topological polar surface area (TPSA) is 62.3 Å². The summed E-state index contributed by atoms with van der Waals surface area (Å²) < 4.78 is 5.92. The zero-order valence-electron chi connectivity index (χ0n) is 14.1. The van der Waals surface area contributed by atoms with E-state index >= 15 is 0 Å². The highest BCUT2D eigenvalue weighted by Crippen LogP contribution is 2.32. The van der Waals surface area contributed by atoms with E-state index in [0.29, 0.717) is 18.6 Å². The van der Waals surface area contributed by atoms with Gasteiger partial charge in [-0.3, -0.25) is 0 Å². The van der Waals surface area contributed by atoms with Crippen LogP contribution in [0.2, 0.25) is 0 Å². The van der Waals surface area contributed by atoms with Gasteiger partial charge in [-0.1, -0.05) is 24.3 Å². The van der Waals surface area contributed by atoms with E-state index in [9.17, 15) is 0 Å². The number of aromatic amines is 1. The van der Waals surface area contributed by atoms with Crippen LogP contribution in [-0.4, -0.2) is 28.8 Å². The lowest BCUT2D eigenvalue weighted by Gasteiger charge is -2.23. The van der Waals surface area contributed by atoms with E-state index in [1.165, 1.54) is 11.1 Å². The third-order valence-electron chi connectivity index (χ3n) is 5.23. The van der Waals surface area contributed by atoms with E-state index in [4.69, 9.17) is 9.72 Å². The van der Waals surface area contributed by atoms with Gasteiger partial charge in [0.15, 0.2) is 0 Å². The summed E-state index contributed by atoms with van der Waals surface area (Å²) in [7, 11) is 0. The first-order valence-corrected chi connectivity index (χ1v) is 8.77. The fourth-order valence-corrected chi connectivity index (χ4v) is 3.77. The second-order valence-electron chi connectivity index (χ2n) is 6.94. The van der Waals surface area contributed by atoms with Crippen molar-refractivity contribution in [2.75, 3.05) is 6.61 Å². The molecule has 3 aromatic rings. The zero-order valence-corrected chi connectivity index (χ0v) is 14.1. The van der Waals surface area contributed by atoms with Crippen LogP contribution < -0.4 is 10.2 Å². The summed E-state index contributed by atoms with van der Waals surface area (Å²) in [5, 5.41) is 4.18. The van der Waals surface area contributed by atoms with E-state index in [1.54, 1.807) is 0 Å². The Labute approximate surface area is 146 Å². The Morgan fingerprint density at radius 1 is 1.16 bits per heavy atom. The minimum absolute atomic E-state index is 0.263. The van der Waals surface area contributed by atoms with Gasteiger partial charge < -0.3 is 15.1 Å². The molecule has 126 valence electrons. The fraction of sp³-hybridized carbons (Fsp3) is 0.300. The molecule has 2 aliphatic rings. The minimum Gasteiger partial charge on any atom is -0.493 e. The Bertz CT molecular complexity index is 961. The van der Waals surface area contributed by atoms with Gasteiger partial charge in [0, 0.05) is 12.1 Å². The van der Waals surface area contributed by atoms with E-state index in [0.717, 1.165) is 29.0 Å². The molecule has 0 radical (unpaired) electrons. The minimum atomic E-state index is 0.263. The normalized spacial score (nSPS) is 24.8. The molecule has 0 amide bonds. The molecule has 0 bridgehead atoms. The van der Waals surface area contributed by atoms with Gasteiger partial charge in [-0.15, -0.1) is 0 Å². The molecule has 1 aromatic heterocycles. The van der Waals surface area contributed by atoms with Crippen molar-refractivity contribution in [2.45, 2.75) is 31.2 Å². The zero-order chi connectivity index (χ0) is 16.8. The summed E-state index contributed by atoms with van der Waals surface area (Å²) in [6.45, 7) is 2.81. The number of fused-ring (bicyclic) bond motifs is 2. The van der Waals surface area contributed by atoms with Crippen LogP contribution in [0.4, 0.5) is 0 Å². The fourth-order valence-electron chi connectivity index (χ4n) is 3.77. The maximum atomic E-state index is 5.92. The smallest absolute Gasteiger partial charge is 0.122 e. The molecule has 0 saturated carbocycles. The van der Waals surface area contributed by atoms with Gasteiger partial charge in [0.05, 0.1) is 29.6 Å². The lowest BCUT2D eigenvalue weighted by molar-refractivity contribution is 0.258. The Kier molecular flexibility index (Phi) is 3.26. The van der Waals surface area contributed by atoms with Crippen molar-refractivity contribution < 1.29 is 4.74 Å². The quantitative estimate of drug-likeness (QED) is 0.756. The highest BCUT2D eigenvalue weighted by molar-refractivity contribution is 5.79. The van der Waals surface area contributed by atoms with Gasteiger partial charge in [0.2, 0.25) is 0 Å². The Morgan fingerprint density at radius 3 is 2.96 bits per heavy atom. The summed E-state index contributed by atoms with van der Waals surface area (Å²) in [4.78, 5) is 8.35. The second kappa shape index (κ2) is 5.62. The number of nitrogens with one attached hydrogen (secondary N) is 2. The molecule has 2 N–H and O–H groups in total. The molecule has 0 spiro atoms. The van der Waals surface area contributed by atoms with Gasteiger partial charge in [0.25, 0.3) is 0 Å². The molecule has 2 aliphatic heterocycles. The lowest BCUT2D eigenvalue weighted by atomic mass is 9.94. The van der Waals surface area contributed by atoms with Gasteiger partial charge in [-0.25, -0.2) is 4.98 Å². The molecule has 25 heavy (non-hydrogen) atoms. The Morgan fingerprint density at radius 2 is 2.08 bits per heavy atom. The molecule has 0 aliphatic carbocycles. The largest absolute Gasteiger partial charge is 0.493 e. The number of H-pyrrole nitrogens is 1. The first-order valence-electron chi connectivity index (χ1n) is 8.77. The predicted octanol–water partition coefficient (Wildman–Crippen LogP) is 3.34. The second-order valence-corrected chi connectivity index (χ2v) is 6.94. The number of hydrogen-bond donors (Lipinski definition) is 2. The number of hydrazone groups is 1. The number of nitrogens with zero attached hydrogens (tertiary/aromatic N) is 2. The van der Waals surface area contributed by atoms with Crippen LogP contribution in [0, 0.1) is 0 Å². The van der Waals surface area contributed by atoms with Gasteiger partial charge in [-0.2, -0.15) is 5.10 Å². The summed E-state index contributed by atoms with van der Waals surface area (Å²) in [5.41, 5.74) is 7.70. The molecular formula is C20H20N4O. The van der Waals surface area contributed by atoms with E-state index in [2.05, 4.69) is 52.8 Å². The van der Waals surface area contributed by atoms with E-state index in [-0.39, 0.29) is 5.92 Å². The van der Waals surface area contributed by atoms with Crippen LogP contribution in [0.15, 0.2) is 47.6 Å². The predicted molar refractivity (Wildman–Crippen MR) is 98.3 cm³/mol. The average Bonchev–Trinajstić information content (AvgIpc) is 3.26. The highest BCUT2D eigenvalue weighted by Gasteiger charge is 2.25. The maximum Gasteiger partial charge on any atom is 0.122 e. The first kappa shape index (κ1) is 14.5. The number of rotatable bonds is 2. The number of benzene rings is 2. The molecule has 3 unspecified atom stereocenters. The van der Waals surface area contributed by atoms with Crippen LogP contribution in [0.5, 0.6) is 5.75 Å². The van der Waals surface area contributed by atoms with Gasteiger partial charge in [-0.05, 0) is 42.7 Å². The molecule has 5 heteroatoms. The average molecular weight is 332 g/mol. The van der Waals surface area contributed by atoms with Crippen molar-refractivity contribution in [1.29, 1.82) is 0 Å². The summed E-state index contributed by atoms with van der Waals surface area (Å²) >= 11 is 0. The number of imidazole rings is 1. The number of hydrogen-bond acceptors (Lipinski definition) is 4. The SMILES string of the molecule is CC1NN=CC1c1ccc2[nH]c(C3COc4ccccc4C3)nc2c1. The van der Waals surface area contributed by atoms with Crippen molar-refractivity contribution >= 4 is 17.2 Å². The van der Waals surface area contributed by atoms with E-state index in [1.807, 2.05) is 18.3 Å². The summed E-state index contributed by atoms with van der Waals surface area (Å²) in [6, 6.07) is 15.0. The number of aromatic nitrogens is 2. The molecular weight excluding hydrogens is 312 g/mol. The Hall–Kier alpha value is -2.82. The molecule has 3 heterocycles. The molecule has 0 fully saturated rings. The molecule has 5 nitrogen and oxygen atoms in total. The van der Waals surface area contributed by atoms with E-state index < -0.39 is 0 Å². The maximum absolute atomic E-state index is 5.92. The van der Waals surface area contributed by atoms with Crippen molar-refractivity contribution in [3.8, 4) is 5.75 Å². The van der Waals surface area contributed by atoms with Crippen molar-refractivity contribution in [3.63, 3.8) is 0 Å². The highest BCUT2D eigenvalue weighted by atomic mass is 16.5. The van der Waals surface area contributed by atoms with Gasteiger partial charge >= 0.3 is 0 Å². The molecule has 5 rings (SSSR count). The third kappa shape index (κ3) is 2.47. The van der Waals surface area contributed by atoms with Crippen LogP contribution >= 0.6 is 0 Å². The monoisotopic (exact) mass is 332 g/mol. The number of para-hydroxylation sites is 1. The molecule has 0 saturated heterocycles. The number of ether oxygens (including phenoxy) is 1. The Balaban J connectivity index is 1.46. The molecule has 2 aromatic carbocycles. The summed E-state index contributed by atoms with van der Waals surface area (Å²) in [5.74, 6) is 2.57. The van der Waals surface area contributed by atoms with Crippen molar-refractivity contribution in [3.05, 3.63) is 59.4 Å². The van der Waals surface area contributed by atoms with Crippen molar-refractivity contribution in [1.82, 2.24) is 15.4 Å². The lowest BCUT2D eigenvalue weighted by Crippen LogP contribution is -2.21. The third-order valence-corrected chi connectivity index (χ3v) is 5.23.